The van der Waals surface area contributed by atoms with Crippen molar-refractivity contribution >= 4 is 21.7 Å². The zero-order valence-electron chi connectivity index (χ0n) is 10.9. The maximum atomic E-state index is 13.5. The summed E-state index contributed by atoms with van der Waals surface area (Å²) in [6, 6.07) is 6.85. The molecule has 2 aromatic rings. The van der Waals surface area contributed by atoms with Crippen molar-refractivity contribution in [3.63, 3.8) is 0 Å². The van der Waals surface area contributed by atoms with E-state index in [1.807, 2.05) is 0 Å². The van der Waals surface area contributed by atoms with Crippen LogP contribution in [0.15, 0.2) is 40.9 Å². The van der Waals surface area contributed by atoms with Gasteiger partial charge in [0.25, 0.3) is 0 Å². The fourth-order valence-corrected chi connectivity index (χ4v) is 2.04. The van der Waals surface area contributed by atoms with Crippen LogP contribution in [-0.4, -0.2) is 11.9 Å². The molecule has 2 rings (SSSR count). The smallest absolute Gasteiger partial charge is 0.203 e. The van der Waals surface area contributed by atoms with Gasteiger partial charge in [0.1, 0.15) is 0 Å². The first-order chi connectivity index (χ1) is 9.88. The van der Waals surface area contributed by atoms with Gasteiger partial charge in [-0.25, -0.2) is 13.2 Å². The monoisotopic (exact) mass is 358 g/mol. The third-order valence-electron chi connectivity index (χ3n) is 2.77. The second kappa shape index (κ2) is 6.30. The Balaban J connectivity index is 2.19. The molecule has 6 heteroatoms. The number of halogens is 4. The summed E-state index contributed by atoms with van der Waals surface area (Å²) in [6.45, 7) is 1.41. The summed E-state index contributed by atoms with van der Waals surface area (Å²) in [5, 5.41) is 0. The molecule has 0 N–H and O–H groups in total. The zero-order valence-corrected chi connectivity index (χ0v) is 12.5. The topological polar surface area (TPSA) is 26.3 Å². The van der Waals surface area contributed by atoms with Crippen LogP contribution in [-0.2, 0) is 0 Å². The highest BCUT2D eigenvalue weighted by Crippen LogP contribution is 2.24. The highest BCUT2D eigenvalue weighted by Gasteiger charge is 2.20. The van der Waals surface area contributed by atoms with Crippen molar-refractivity contribution in [2.75, 3.05) is 0 Å². The standard InChI is InChI=1S/C15H10BrF3O2/c1-8(21-14-7-10(16)3-5-12(14)18)15(20)9-2-4-11(17)13(19)6-9/h2-8H,1H3. The lowest BCUT2D eigenvalue weighted by Gasteiger charge is -2.14. The van der Waals surface area contributed by atoms with Gasteiger partial charge in [-0.05, 0) is 43.3 Å². The van der Waals surface area contributed by atoms with Crippen LogP contribution in [0.2, 0.25) is 0 Å². The molecular weight excluding hydrogens is 349 g/mol. The first kappa shape index (κ1) is 15.6. The van der Waals surface area contributed by atoms with Crippen LogP contribution in [0, 0.1) is 17.5 Å². The molecule has 110 valence electrons. The number of ether oxygens (including phenoxy) is 1. The van der Waals surface area contributed by atoms with Crippen molar-refractivity contribution in [1.29, 1.82) is 0 Å². The number of carbonyl (C=O) groups excluding carboxylic acids is 1. The third-order valence-corrected chi connectivity index (χ3v) is 3.26. The largest absolute Gasteiger partial charge is 0.479 e. The van der Waals surface area contributed by atoms with Crippen LogP contribution < -0.4 is 4.74 Å². The summed E-state index contributed by atoms with van der Waals surface area (Å²) >= 11 is 3.16. The van der Waals surface area contributed by atoms with Crippen molar-refractivity contribution in [2.45, 2.75) is 13.0 Å². The first-order valence-electron chi connectivity index (χ1n) is 5.99. The fraction of sp³-hybridized carbons (Fsp3) is 0.133. The summed E-state index contributed by atoms with van der Waals surface area (Å²) in [7, 11) is 0. The van der Waals surface area contributed by atoms with Crippen LogP contribution in [0.1, 0.15) is 17.3 Å². The van der Waals surface area contributed by atoms with Gasteiger partial charge in [-0.2, -0.15) is 0 Å². The SMILES string of the molecule is CC(Oc1cc(Br)ccc1F)C(=O)c1ccc(F)c(F)c1. The van der Waals surface area contributed by atoms with Crippen LogP contribution in [0.4, 0.5) is 13.2 Å². The predicted octanol–water partition coefficient (Wildman–Crippen LogP) is 4.52. The van der Waals surface area contributed by atoms with Crippen molar-refractivity contribution in [2.24, 2.45) is 0 Å². The molecule has 0 saturated carbocycles. The fourth-order valence-electron chi connectivity index (χ4n) is 1.70. The average Bonchev–Trinajstić information content (AvgIpc) is 2.45. The van der Waals surface area contributed by atoms with E-state index in [2.05, 4.69) is 15.9 Å². The van der Waals surface area contributed by atoms with E-state index in [0.29, 0.717) is 4.47 Å². The van der Waals surface area contributed by atoms with E-state index in [1.165, 1.54) is 25.1 Å². The highest BCUT2D eigenvalue weighted by molar-refractivity contribution is 9.10. The molecule has 0 aliphatic carbocycles. The Morgan fingerprint density at radius 2 is 1.71 bits per heavy atom. The molecule has 2 nitrogen and oxygen atoms in total. The number of ketones is 1. The van der Waals surface area contributed by atoms with Crippen LogP contribution in [0.3, 0.4) is 0 Å². The van der Waals surface area contributed by atoms with Crippen LogP contribution >= 0.6 is 15.9 Å². The Bertz CT molecular complexity index is 689. The second-order valence-corrected chi connectivity index (χ2v) is 5.24. The molecule has 2 aromatic carbocycles. The van der Waals surface area contributed by atoms with E-state index in [1.54, 1.807) is 0 Å². The van der Waals surface area contributed by atoms with Gasteiger partial charge in [0, 0.05) is 10.0 Å². The van der Waals surface area contributed by atoms with Crippen molar-refractivity contribution in [3.8, 4) is 5.75 Å². The quantitative estimate of drug-likeness (QED) is 0.751. The molecule has 0 saturated heterocycles. The van der Waals surface area contributed by atoms with Gasteiger partial charge < -0.3 is 4.74 Å². The minimum Gasteiger partial charge on any atom is -0.479 e. The van der Waals surface area contributed by atoms with E-state index in [-0.39, 0.29) is 11.3 Å². The third kappa shape index (κ3) is 3.64. The Morgan fingerprint density at radius 3 is 2.38 bits per heavy atom. The number of rotatable bonds is 4. The Labute approximate surface area is 127 Å². The lowest BCUT2D eigenvalue weighted by atomic mass is 10.1. The first-order valence-corrected chi connectivity index (χ1v) is 6.78. The molecule has 0 fully saturated rings. The molecule has 0 aromatic heterocycles. The molecule has 0 spiro atoms. The predicted molar refractivity (Wildman–Crippen MR) is 74.9 cm³/mol. The normalized spacial score (nSPS) is 12.0. The van der Waals surface area contributed by atoms with E-state index >= 15 is 0 Å². The maximum absolute atomic E-state index is 13.5. The summed E-state index contributed by atoms with van der Waals surface area (Å²) in [5.74, 6) is -3.47. The lowest BCUT2D eigenvalue weighted by Crippen LogP contribution is -2.24. The molecule has 0 aliphatic rings. The summed E-state index contributed by atoms with van der Waals surface area (Å²) in [4.78, 5) is 12.1. The second-order valence-electron chi connectivity index (χ2n) is 4.33. The number of hydrogen-bond acceptors (Lipinski definition) is 2. The molecule has 0 radical (unpaired) electrons. The lowest BCUT2D eigenvalue weighted by molar-refractivity contribution is 0.0811. The number of Topliss-reactive ketones (excluding diaryl/α,β-unsaturated/α-hetero) is 1. The van der Waals surface area contributed by atoms with E-state index < -0.39 is 29.3 Å². The van der Waals surface area contributed by atoms with Gasteiger partial charge in [0.2, 0.25) is 5.78 Å². The van der Waals surface area contributed by atoms with E-state index in [0.717, 1.165) is 18.2 Å². The van der Waals surface area contributed by atoms with Gasteiger partial charge in [0.05, 0.1) is 0 Å². The average molecular weight is 359 g/mol. The van der Waals surface area contributed by atoms with E-state index in [4.69, 9.17) is 4.74 Å². The molecule has 0 amide bonds. The van der Waals surface area contributed by atoms with Gasteiger partial charge in [-0.3, -0.25) is 4.79 Å². The van der Waals surface area contributed by atoms with Gasteiger partial charge in [0.15, 0.2) is 29.3 Å². The van der Waals surface area contributed by atoms with Crippen LogP contribution in [0.25, 0.3) is 0 Å². The molecule has 0 aliphatic heterocycles. The molecule has 21 heavy (non-hydrogen) atoms. The van der Waals surface area contributed by atoms with E-state index in [9.17, 15) is 18.0 Å². The number of carbonyl (C=O) groups is 1. The molecule has 0 heterocycles. The highest BCUT2D eigenvalue weighted by atomic mass is 79.9. The number of hydrogen-bond donors (Lipinski definition) is 0. The van der Waals surface area contributed by atoms with Gasteiger partial charge in [-0.1, -0.05) is 15.9 Å². The van der Waals surface area contributed by atoms with Gasteiger partial charge >= 0.3 is 0 Å². The summed E-state index contributed by atoms with van der Waals surface area (Å²) in [5.41, 5.74) is -0.0446. The zero-order chi connectivity index (χ0) is 15.6. The maximum Gasteiger partial charge on any atom is 0.203 e. The van der Waals surface area contributed by atoms with Crippen molar-refractivity contribution in [1.82, 2.24) is 0 Å². The van der Waals surface area contributed by atoms with Crippen molar-refractivity contribution < 1.29 is 22.7 Å². The minimum atomic E-state index is -1.12. The Hall–Kier alpha value is -1.82. The molecule has 1 unspecified atom stereocenters. The molecular formula is C15H10BrF3O2. The van der Waals surface area contributed by atoms with Crippen molar-refractivity contribution in [3.05, 3.63) is 63.9 Å². The summed E-state index contributed by atoms with van der Waals surface area (Å²) < 4.78 is 45.3. The number of benzene rings is 2. The molecule has 0 bridgehead atoms. The Morgan fingerprint density at radius 1 is 1.05 bits per heavy atom. The minimum absolute atomic E-state index is 0.0446. The summed E-state index contributed by atoms with van der Waals surface area (Å²) in [6.07, 6.45) is -1.04. The van der Waals surface area contributed by atoms with Gasteiger partial charge in [-0.15, -0.1) is 0 Å². The molecule has 1 atom stereocenters. The van der Waals surface area contributed by atoms with Crippen LogP contribution in [0.5, 0.6) is 5.75 Å². The Kier molecular flexibility index (Phi) is 4.67.